The Morgan fingerprint density at radius 3 is 2.62 bits per heavy atom. The largest absolute Gasteiger partial charge is 0.477 e. The molecule has 0 saturated heterocycles. The number of aliphatic hydroxyl groups excluding tert-OH is 2. The van der Waals surface area contributed by atoms with Crippen molar-refractivity contribution in [3.8, 4) is 0 Å². The van der Waals surface area contributed by atoms with Crippen molar-refractivity contribution in [1.82, 2.24) is 4.98 Å². The highest BCUT2D eigenvalue weighted by Gasteiger charge is 2.23. The van der Waals surface area contributed by atoms with Gasteiger partial charge in [0.25, 0.3) is 0 Å². The molecule has 0 bridgehead atoms. The van der Waals surface area contributed by atoms with Crippen molar-refractivity contribution in [3.05, 3.63) is 45.7 Å². The molecule has 2 rings (SSSR count). The zero-order valence-corrected chi connectivity index (χ0v) is 12.9. The van der Waals surface area contributed by atoms with Gasteiger partial charge in [-0.3, -0.25) is 9.59 Å². The Balaban J connectivity index is 2.35. The summed E-state index contributed by atoms with van der Waals surface area (Å²) in [6, 6.07) is 4.25. The van der Waals surface area contributed by atoms with Gasteiger partial charge in [0, 0.05) is 17.1 Å². The molecule has 8 nitrogen and oxygen atoms in total. The van der Waals surface area contributed by atoms with E-state index in [1.54, 1.807) is 6.92 Å². The highest BCUT2D eigenvalue weighted by molar-refractivity contribution is 5.92. The maximum atomic E-state index is 12.2. The lowest BCUT2D eigenvalue weighted by molar-refractivity contribution is -0.147. The second kappa shape index (κ2) is 7.24. The summed E-state index contributed by atoms with van der Waals surface area (Å²) in [7, 11) is 0. The molecule has 1 aromatic heterocycles. The van der Waals surface area contributed by atoms with Gasteiger partial charge in [-0.15, -0.1) is 0 Å². The van der Waals surface area contributed by atoms with Crippen molar-refractivity contribution in [2.45, 2.75) is 25.6 Å². The molecule has 2 atom stereocenters. The van der Waals surface area contributed by atoms with E-state index < -0.39 is 41.6 Å². The number of rotatable bonds is 6. The number of hydrogen-bond acceptors (Lipinski definition) is 6. The summed E-state index contributed by atoms with van der Waals surface area (Å²) >= 11 is 0. The Morgan fingerprint density at radius 1 is 1.29 bits per heavy atom. The Morgan fingerprint density at radius 2 is 2.00 bits per heavy atom. The van der Waals surface area contributed by atoms with Crippen LogP contribution in [0.5, 0.6) is 0 Å². The van der Waals surface area contributed by atoms with Gasteiger partial charge < -0.3 is 25.0 Å². The number of H-pyrrole nitrogens is 1. The third-order valence-electron chi connectivity index (χ3n) is 3.52. The number of ether oxygens (including phenoxy) is 1. The van der Waals surface area contributed by atoms with Gasteiger partial charge in [0.15, 0.2) is 0 Å². The number of fused-ring (bicyclic) bond motifs is 1. The monoisotopic (exact) mass is 335 g/mol. The second-order valence-electron chi connectivity index (χ2n) is 5.16. The fourth-order valence-electron chi connectivity index (χ4n) is 2.30. The fourth-order valence-corrected chi connectivity index (χ4v) is 2.30. The van der Waals surface area contributed by atoms with Crippen molar-refractivity contribution in [1.29, 1.82) is 0 Å². The lowest BCUT2D eigenvalue weighted by Crippen LogP contribution is -2.23. The molecule has 0 aliphatic heterocycles. The molecule has 0 radical (unpaired) electrons. The molecule has 0 spiro atoms. The van der Waals surface area contributed by atoms with Gasteiger partial charge in [-0.25, -0.2) is 4.79 Å². The Hall–Kier alpha value is -2.71. The first-order valence-electron chi connectivity index (χ1n) is 7.25. The highest BCUT2D eigenvalue weighted by Crippen LogP contribution is 2.22. The molecular weight excluding hydrogens is 318 g/mol. The van der Waals surface area contributed by atoms with Gasteiger partial charge >= 0.3 is 11.9 Å². The maximum Gasteiger partial charge on any atom is 0.341 e. The van der Waals surface area contributed by atoms with Crippen molar-refractivity contribution >= 4 is 22.8 Å². The number of pyridine rings is 1. The van der Waals surface area contributed by atoms with E-state index in [0.29, 0.717) is 5.52 Å². The number of aromatic carboxylic acids is 1. The molecule has 0 aliphatic carbocycles. The Labute approximate surface area is 136 Å². The summed E-state index contributed by atoms with van der Waals surface area (Å²) in [6.45, 7) is 1.78. The van der Waals surface area contributed by atoms with Gasteiger partial charge in [0.05, 0.1) is 19.1 Å². The molecule has 4 N–H and O–H groups in total. The Kier molecular flexibility index (Phi) is 5.32. The molecule has 2 aromatic rings. The van der Waals surface area contributed by atoms with E-state index in [9.17, 15) is 24.6 Å². The molecule has 0 saturated carbocycles. The van der Waals surface area contributed by atoms with Gasteiger partial charge in [-0.05, 0) is 24.6 Å². The number of carbonyl (C=O) groups excluding carboxylic acids is 1. The van der Waals surface area contributed by atoms with Crippen LogP contribution in [0.15, 0.2) is 29.2 Å². The summed E-state index contributed by atoms with van der Waals surface area (Å²) in [5.74, 6) is -2.03. The van der Waals surface area contributed by atoms with Crippen LogP contribution in [-0.4, -0.2) is 45.0 Å². The second-order valence-corrected chi connectivity index (χ2v) is 5.16. The van der Waals surface area contributed by atoms with Crippen LogP contribution in [0, 0.1) is 0 Å². The first-order chi connectivity index (χ1) is 11.3. The number of esters is 1. The van der Waals surface area contributed by atoms with E-state index in [-0.39, 0.29) is 17.6 Å². The van der Waals surface area contributed by atoms with Crippen LogP contribution in [0.4, 0.5) is 0 Å². The molecule has 0 fully saturated rings. The quantitative estimate of drug-likeness (QED) is 0.566. The number of carbonyl (C=O) groups is 2. The van der Waals surface area contributed by atoms with Crippen molar-refractivity contribution in [3.63, 3.8) is 0 Å². The number of benzene rings is 1. The van der Waals surface area contributed by atoms with E-state index in [1.165, 1.54) is 18.2 Å². The van der Waals surface area contributed by atoms with Crippen LogP contribution in [0.3, 0.4) is 0 Å². The zero-order valence-electron chi connectivity index (χ0n) is 12.9. The number of aliphatic hydroxyl groups is 2. The third-order valence-corrected chi connectivity index (χ3v) is 3.52. The molecule has 128 valence electrons. The van der Waals surface area contributed by atoms with Gasteiger partial charge in [0.2, 0.25) is 5.43 Å². The van der Waals surface area contributed by atoms with Crippen molar-refractivity contribution < 1.29 is 29.6 Å². The molecule has 1 aromatic carbocycles. The van der Waals surface area contributed by atoms with Crippen LogP contribution >= 0.6 is 0 Å². The van der Waals surface area contributed by atoms with Crippen LogP contribution in [0.1, 0.15) is 35.4 Å². The van der Waals surface area contributed by atoms with E-state index in [0.717, 1.165) is 6.20 Å². The predicted octanol–water partition coefficient (Wildman–Crippen LogP) is 0.574. The number of nitrogens with one attached hydrogen (secondary N) is 1. The first-order valence-corrected chi connectivity index (χ1v) is 7.25. The average molecular weight is 335 g/mol. The number of hydrogen-bond donors (Lipinski definition) is 4. The lowest BCUT2D eigenvalue weighted by Gasteiger charge is -2.17. The molecule has 0 amide bonds. The molecular formula is C16H17NO7. The van der Waals surface area contributed by atoms with Crippen LogP contribution < -0.4 is 5.43 Å². The fraction of sp³-hybridized carbons (Fsp3) is 0.312. The highest BCUT2D eigenvalue weighted by atomic mass is 16.5. The lowest BCUT2D eigenvalue weighted by atomic mass is 9.99. The summed E-state index contributed by atoms with van der Waals surface area (Å²) in [4.78, 5) is 37.2. The van der Waals surface area contributed by atoms with Crippen molar-refractivity contribution in [2.75, 3.05) is 6.61 Å². The minimum atomic E-state index is -1.42. The standard InChI is InChI=1S/C16H17NO7/c1-2-24-13(19)6-12(18)14(20)8-3-4-11-9(5-8)15(21)10(7-17-11)16(22)23/h3-5,7,12,14,18,20H,2,6H2,1H3,(H,17,21)(H,22,23). The molecule has 1 heterocycles. The van der Waals surface area contributed by atoms with Crippen molar-refractivity contribution in [2.24, 2.45) is 0 Å². The summed E-state index contributed by atoms with van der Waals surface area (Å²) in [5, 5.41) is 29.1. The van der Waals surface area contributed by atoms with Crippen LogP contribution in [-0.2, 0) is 9.53 Å². The van der Waals surface area contributed by atoms with Crippen LogP contribution in [0.2, 0.25) is 0 Å². The van der Waals surface area contributed by atoms with Gasteiger partial charge in [0.1, 0.15) is 11.7 Å². The maximum absolute atomic E-state index is 12.2. The topological polar surface area (TPSA) is 137 Å². The predicted molar refractivity (Wildman–Crippen MR) is 83.7 cm³/mol. The smallest absolute Gasteiger partial charge is 0.341 e. The number of aromatic nitrogens is 1. The number of carboxylic acid groups (broad SMARTS) is 1. The number of aromatic amines is 1. The van der Waals surface area contributed by atoms with E-state index in [2.05, 4.69) is 4.98 Å². The summed E-state index contributed by atoms with van der Waals surface area (Å²) in [6.07, 6.45) is -2.15. The SMILES string of the molecule is CCOC(=O)CC(O)C(O)c1ccc2[nH]cc(C(=O)O)c(=O)c2c1. The molecule has 0 aliphatic rings. The Bertz CT molecular complexity index is 827. The average Bonchev–Trinajstić information content (AvgIpc) is 2.54. The molecule has 2 unspecified atom stereocenters. The molecule has 8 heteroatoms. The van der Waals surface area contributed by atoms with Crippen LogP contribution in [0.25, 0.3) is 10.9 Å². The minimum Gasteiger partial charge on any atom is -0.477 e. The number of carboxylic acids is 1. The minimum absolute atomic E-state index is 0.0646. The van der Waals surface area contributed by atoms with Gasteiger partial charge in [-0.2, -0.15) is 0 Å². The van der Waals surface area contributed by atoms with E-state index in [4.69, 9.17) is 9.84 Å². The summed E-state index contributed by atoms with van der Waals surface area (Å²) in [5.41, 5.74) is -0.556. The first kappa shape index (κ1) is 17.6. The molecule has 24 heavy (non-hydrogen) atoms. The van der Waals surface area contributed by atoms with E-state index >= 15 is 0 Å². The summed E-state index contributed by atoms with van der Waals surface area (Å²) < 4.78 is 4.70. The van der Waals surface area contributed by atoms with Gasteiger partial charge in [-0.1, -0.05) is 6.07 Å². The van der Waals surface area contributed by atoms with E-state index in [1.807, 2.05) is 0 Å². The third kappa shape index (κ3) is 3.61. The normalized spacial score (nSPS) is 13.5. The zero-order chi connectivity index (χ0) is 17.9.